The number of anilines is 1. The van der Waals surface area contributed by atoms with Gasteiger partial charge in [0.1, 0.15) is 4.88 Å². The van der Waals surface area contributed by atoms with Crippen molar-refractivity contribution in [2.75, 3.05) is 18.4 Å². The zero-order valence-electron chi connectivity index (χ0n) is 11.5. The molecule has 2 rings (SSSR count). The molecule has 0 unspecified atom stereocenters. The maximum absolute atomic E-state index is 12.3. The fourth-order valence-electron chi connectivity index (χ4n) is 2.30. The summed E-state index contributed by atoms with van der Waals surface area (Å²) >= 11 is 1.36. The Hall–Kier alpha value is -1.60. The van der Waals surface area contributed by atoms with Crippen molar-refractivity contribution in [2.24, 2.45) is 5.73 Å². The van der Waals surface area contributed by atoms with Gasteiger partial charge in [-0.05, 0) is 32.4 Å². The highest BCUT2D eigenvalue weighted by molar-refractivity contribution is 7.14. The van der Waals surface area contributed by atoms with Crippen LogP contribution in [0, 0.1) is 6.92 Å². The van der Waals surface area contributed by atoms with Crippen molar-refractivity contribution in [2.45, 2.75) is 32.2 Å². The topological polar surface area (TPSA) is 96.2 Å². The largest absolute Gasteiger partial charge is 0.351 e. The second-order valence-corrected chi connectivity index (χ2v) is 6.22. The van der Waals surface area contributed by atoms with Crippen LogP contribution < -0.4 is 21.7 Å². The molecule has 6 nitrogen and oxygen atoms in total. The monoisotopic (exact) mass is 296 g/mol. The summed E-state index contributed by atoms with van der Waals surface area (Å²) in [6.07, 6.45) is 3.22. The summed E-state index contributed by atoms with van der Waals surface area (Å²) in [6, 6.07) is 1.23. The smallest absolute Gasteiger partial charge is 0.316 e. The highest BCUT2D eigenvalue weighted by Gasteiger charge is 2.20. The van der Waals surface area contributed by atoms with Crippen molar-refractivity contribution in [1.29, 1.82) is 0 Å². The fraction of sp³-hybridized carbons (Fsp3) is 0.538. The quantitative estimate of drug-likeness (QED) is 0.679. The first-order chi connectivity index (χ1) is 9.56. The molecule has 20 heavy (non-hydrogen) atoms. The van der Waals surface area contributed by atoms with Crippen LogP contribution in [0.5, 0.6) is 0 Å². The minimum atomic E-state index is -0.659. The number of aryl methyl sites for hydroxylation is 1. The van der Waals surface area contributed by atoms with Crippen LogP contribution in [0.15, 0.2) is 6.07 Å². The summed E-state index contributed by atoms with van der Waals surface area (Å²) in [6.45, 7) is 3.68. The van der Waals surface area contributed by atoms with Crippen LogP contribution in [0.1, 0.15) is 33.8 Å². The SMILES string of the molecule is Cc1cc(NC(N)=O)c(C(=O)N[C@H]2CCCCNC2)s1. The molecule has 7 heteroatoms. The third-order valence-corrected chi connectivity index (χ3v) is 4.25. The molecule has 0 aliphatic carbocycles. The van der Waals surface area contributed by atoms with E-state index >= 15 is 0 Å². The summed E-state index contributed by atoms with van der Waals surface area (Å²) in [4.78, 5) is 24.7. The molecular weight excluding hydrogens is 276 g/mol. The lowest BCUT2D eigenvalue weighted by molar-refractivity contribution is 0.0940. The summed E-state index contributed by atoms with van der Waals surface area (Å²) in [5.41, 5.74) is 5.61. The number of hydrogen-bond donors (Lipinski definition) is 4. The van der Waals surface area contributed by atoms with Gasteiger partial charge < -0.3 is 21.7 Å². The van der Waals surface area contributed by atoms with E-state index < -0.39 is 6.03 Å². The average Bonchev–Trinajstić information content (AvgIpc) is 2.59. The predicted molar refractivity (Wildman–Crippen MR) is 80.2 cm³/mol. The Morgan fingerprint density at radius 2 is 2.25 bits per heavy atom. The highest BCUT2D eigenvalue weighted by Crippen LogP contribution is 2.26. The van der Waals surface area contributed by atoms with Crippen molar-refractivity contribution in [1.82, 2.24) is 10.6 Å². The maximum atomic E-state index is 12.3. The van der Waals surface area contributed by atoms with Crippen molar-refractivity contribution < 1.29 is 9.59 Å². The zero-order valence-corrected chi connectivity index (χ0v) is 12.3. The molecule has 1 fully saturated rings. The van der Waals surface area contributed by atoms with Gasteiger partial charge in [-0.2, -0.15) is 0 Å². The van der Waals surface area contributed by atoms with Crippen LogP contribution in [0.4, 0.5) is 10.5 Å². The van der Waals surface area contributed by atoms with Crippen LogP contribution in [0.3, 0.4) is 0 Å². The van der Waals surface area contributed by atoms with E-state index in [1.165, 1.54) is 11.3 Å². The number of primary amides is 1. The summed E-state index contributed by atoms with van der Waals surface area (Å²) in [7, 11) is 0. The number of carbonyl (C=O) groups excluding carboxylic acids is 2. The van der Waals surface area contributed by atoms with Crippen LogP contribution in [0.25, 0.3) is 0 Å². The molecule has 2 heterocycles. The van der Waals surface area contributed by atoms with Crippen LogP contribution in [0.2, 0.25) is 0 Å². The molecule has 0 radical (unpaired) electrons. The molecule has 3 amide bonds. The van der Waals surface area contributed by atoms with E-state index in [9.17, 15) is 9.59 Å². The third-order valence-electron chi connectivity index (χ3n) is 3.20. The Bertz CT molecular complexity index is 493. The van der Waals surface area contributed by atoms with Gasteiger partial charge in [0.05, 0.1) is 5.69 Å². The van der Waals surface area contributed by atoms with E-state index in [1.54, 1.807) is 6.07 Å². The molecule has 1 aromatic heterocycles. The lowest BCUT2D eigenvalue weighted by Crippen LogP contribution is -2.40. The van der Waals surface area contributed by atoms with Crippen LogP contribution >= 0.6 is 11.3 Å². The molecule has 1 aliphatic rings. The van der Waals surface area contributed by atoms with E-state index in [2.05, 4.69) is 16.0 Å². The molecule has 0 spiro atoms. The number of nitrogens with two attached hydrogens (primary N) is 1. The summed E-state index contributed by atoms with van der Waals surface area (Å²) < 4.78 is 0. The Labute approximate surface area is 122 Å². The van der Waals surface area contributed by atoms with Crippen molar-refractivity contribution in [3.05, 3.63) is 15.8 Å². The second-order valence-electron chi connectivity index (χ2n) is 4.96. The van der Waals surface area contributed by atoms with E-state index in [4.69, 9.17) is 5.73 Å². The maximum Gasteiger partial charge on any atom is 0.316 e. The molecular formula is C13H20N4O2S. The second kappa shape index (κ2) is 6.71. The molecule has 1 atom stereocenters. The minimum Gasteiger partial charge on any atom is -0.351 e. The Kier molecular flexibility index (Phi) is 4.97. The number of carbonyl (C=O) groups is 2. The van der Waals surface area contributed by atoms with Crippen LogP contribution in [-0.4, -0.2) is 31.1 Å². The Morgan fingerprint density at radius 1 is 1.45 bits per heavy atom. The molecule has 1 aromatic rings. The molecule has 0 aromatic carbocycles. The average molecular weight is 296 g/mol. The zero-order chi connectivity index (χ0) is 14.5. The molecule has 1 saturated heterocycles. The van der Waals surface area contributed by atoms with Gasteiger partial charge in [-0.15, -0.1) is 11.3 Å². The molecule has 0 bridgehead atoms. The first-order valence-corrected chi connectivity index (χ1v) is 7.56. The first kappa shape index (κ1) is 14.8. The Morgan fingerprint density at radius 3 is 3.00 bits per heavy atom. The van der Waals surface area contributed by atoms with Gasteiger partial charge in [-0.1, -0.05) is 6.42 Å². The fourth-order valence-corrected chi connectivity index (χ4v) is 3.17. The standard InChI is InChI=1S/C13H20N4O2S/c1-8-6-10(17-13(14)19)11(20-8)12(18)16-9-4-2-3-5-15-7-9/h6,9,15H,2-5,7H2,1H3,(H,16,18)(H3,14,17,19)/t9-/m0/s1. The number of rotatable bonds is 3. The first-order valence-electron chi connectivity index (χ1n) is 6.74. The van der Waals surface area contributed by atoms with Crippen molar-refractivity contribution >= 4 is 29.0 Å². The minimum absolute atomic E-state index is 0.133. The van der Waals surface area contributed by atoms with Gasteiger partial charge in [0, 0.05) is 17.5 Å². The number of hydrogen-bond acceptors (Lipinski definition) is 4. The lowest BCUT2D eigenvalue weighted by Gasteiger charge is -2.16. The van der Waals surface area contributed by atoms with Crippen molar-refractivity contribution in [3.63, 3.8) is 0 Å². The van der Waals surface area contributed by atoms with Gasteiger partial charge >= 0.3 is 6.03 Å². The lowest BCUT2D eigenvalue weighted by atomic mass is 10.1. The number of amides is 3. The van der Waals surface area contributed by atoms with Crippen molar-refractivity contribution in [3.8, 4) is 0 Å². The van der Waals surface area contributed by atoms with Gasteiger partial charge in [-0.3, -0.25) is 4.79 Å². The van der Waals surface area contributed by atoms with Gasteiger partial charge in [0.25, 0.3) is 5.91 Å². The van der Waals surface area contributed by atoms with E-state index in [1.807, 2.05) is 6.92 Å². The molecule has 1 aliphatic heterocycles. The summed E-state index contributed by atoms with van der Waals surface area (Å²) in [5, 5.41) is 8.82. The van der Waals surface area contributed by atoms with Gasteiger partial charge in [0.2, 0.25) is 0 Å². The number of nitrogens with one attached hydrogen (secondary N) is 3. The molecule has 0 saturated carbocycles. The number of thiophene rings is 1. The van der Waals surface area contributed by atoms with E-state index in [0.29, 0.717) is 10.6 Å². The molecule has 5 N–H and O–H groups in total. The van der Waals surface area contributed by atoms with Crippen LogP contribution in [-0.2, 0) is 0 Å². The van der Waals surface area contributed by atoms with Gasteiger partial charge in [-0.25, -0.2) is 4.79 Å². The summed E-state index contributed by atoms with van der Waals surface area (Å²) in [5.74, 6) is -0.152. The van der Waals surface area contributed by atoms with E-state index in [-0.39, 0.29) is 11.9 Å². The normalized spacial score (nSPS) is 19.1. The highest BCUT2D eigenvalue weighted by atomic mass is 32.1. The number of urea groups is 1. The Balaban J connectivity index is 2.06. The molecule has 110 valence electrons. The van der Waals surface area contributed by atoms with E-state index in [0.717, 1.165) is 37.2 Å². The third kappa shape index (κ3) is 3.94. The predicted octanol–water partition coefficient (Wildman–Crippen LogP) is 1.42. The van der Waals surface area contributed by atoms with Gasteiger partial charge in [0.15, 0.2) is 0 Å².